The molecule has 0 saturated carbocycles. The topological polar surface area (TPSA) is 106 Å². The van der Waals surface area contributed by atoms with E-state index >= 15 is 0 Å². The highest BCUT2D eigenvalue weighted by atomic mass is 32.2. The Kier molecular flexibility index (Phi) is 6.66. The maximum Gasteiger partial charge on any atom is 0.573 e. The van der Waals surface area contributed by atoms with Crippen LogP contribution in [0.25, 0.3) is 0 Å². The van der Waals surface area contributed by atoms with Gasteiger partial charge in [-0.1, -0.05) is 0 Å². The summed E-state index contributed by atoms with van der Waals surface area (Å²) in [6, 6.07) is 4.87. The molecule has 146 valence electrons. The molecule has 0 fully saturated rings. The number of nitrogens with zero attached hydrogens (tertiary/aromatic N) is 4. The average molecular weight is 402 g/mol. The summed E-state index contributed by atoms with van der Waals surface area (Å²) in [5.41, 5.74) is 5.98. The summed E-state index contributed by atoms with van der Waals surface area (Å²) in [5.74, 6) is 0.720. The molecule has 8 nitrogen and oxygen atoms in total. The molecule has 0 spiro atoms. The first kappa shape index (κ1) is 20.6. The maximum atomic E-state index is 12.1. The number of rotatable bonds is 7. The van der Waals surface area contributed by atoms with Crippen molar-refractivity contribution in [2.75, 3.05) is 35.8 Å². The maximum absolute atomic E-state index is 12.1. The fourth-order valence-electron chi connectivity index (χ4n) is 1.86. The predicted molar refractivity (Wildman–Crippen MR) is 96.5 cm³/mol. The minimum absolute atomic E-state index is 0.0925. The number of nitrogens with two attached hydrogens (primary N) is 1. The van der Waals surface area contributed by atoms with Crippen molar-refractivity contribution in [3.63, 3.8) is 0 Å². The van der Waals surface area contributed by atoms with Gasteiger partial charge < -0.3 is 20.7 Å². The zero-order valence-corrected chi connectivity index (χ0v) is 15.3. The minimum atomic E-state index is -4.76. The van der Waals surface area contributed by atoms with E-state index in [4.69, 9.17) is 5.73 Å². The van der Waals surface area contributed by atoms with Gasteiger partial charge in [0.05, 0.1) is 11.5 Å². The van der Waals surface area contributed by atoms with Gasteiger partial charge in [-0.05, 0) is 24.3 Å². The number of alkyl halides is 3. The Morgan fingerprint density at radius 3 is 2.48 bits per heavy atom. The van der Waals surface area contributed by atoms with Crippen molar-refractivity contribution in [2.45, 2.75) is 12.1 Å². The van der Waals surface area contributed by atoms with Gasteiger partial charge in [0.1, 0.15) is 11.6 Å². The first-order chi connectivity index (χ1) is 12.6. The molecule has 0 atom stereocenters. The SMILES string of the molecule is CN(C)c1nc(N)nc(CSCC(=O)Nc2ccc(OC(F)(F)F)cc2)n1. The second kappa shape index (κ2) is 8.75. The number of halogens is 3. The van der Waals surface area contributed by atoms with Crippen LogP contribution < -0.4 is 20.7 Å². The van der Waals surface area contributed by atoms with E-state index in [0.717, 1.165) is 12.1 Å². The molecule has 1 amide bonds. The van der Waals surface area contributed by atoms with E-state index in [1.54, 1.807) is 19.0 Å². The summed E-state index contributed by atoms with van der Waals surface area (Å²) in [7, 11) is 3.54. The smallest absolute Gasteiger partial charge is 0.406 e. The number of hydrogen-bond donors (Lipinski definition) is 2. The molecule has 2 rings (SSSR count). The Morgan fingerprint density at radius 2 is 1.89 bits per heavy atom. The zero-order chi connectivity index (χ0) is 20.0. The van der Waals surface area contributed by atoms with Crippen molar-refractivity contribution >= 4 is 35.3 Å². The van der Waals surface area contributed by atoms with E-state index in [9.17, 15) is 18.0 Å². The summed E-state index contributed by atoms with van der Waals surface area (Å²) in [6.07, 6.45) is -4.76. The van der Waals surface area contributed by atoms with E-state index in [0.29, 0.717) is 23.2 Å². The number of carbonyl (C=O) groups is 1. The normalized spacial score (nSPS) is 11.1. The van der Waals surface area contributed by atoms with E-state index in [-0.39, 0.29) is 23.4 Å². The minimum Gasteiger partial charge on any atom is -0.406 e. The van der Waals surface area contributed by atoms with Crippen LogP contribution in [-0.4, -0.2) is 47.1 Å². The van der Waals surface area contributed by atoms with Gasteiger partial charge in [-0.15, -0.1) is 24.9 Å². The highest BCUT2D eigenvalue weighted by Gasteiger charge is 2.30. The molecule has 0 bridgehead atoms. The van der Waals surface area contributed by atoms with Crippen LogP contribution in [-0.2, 0) is 10.5 Å². The third kappa shape index (κ3) is 7.17. The van der Waals surface area contributed by atoms with Crippen molar-refractivity contribution in [3.05, 3.63) is 30.1 Å². The highest BCUT2D eigenvalue weighted by molar-refractivity contribution is 7.99. The molecular formula is C15H17F3N6O2S. The molecule has 12 heteroatoms. The van der Waals surface area contributed by atoms with Crippen LogP contribution in [0.5, 0.6) is 5.75 Å². The van der Waals surface area contributed by atoms with Gasteiger partial charge in [-0.25, -0.2) is 0 Å². The fraction of sp³-hybridized carbons (Fsp3) is 0.333. The second-order valence-corrected chi connectivity index (χ2v) is 6.40. The van der Waals surface area contributed by atoms with Gasteiger partial charge in [0, 0.05) is 19.8 Å². The molecule has 1 heterocycles. The Bertz CT molecular complexity index is 786. The molecule has 0 radical (unpaired) electrons. The Morgan fingerprint density at radius 1 is 1.22 bits per heavy atom. The quantitative estimate of drug-likeness (QED) is 0.727. The van der Waals surface area contributed by atoms with Crippen LogP contribution in [0.15, 0.2) is 24.3 Å². The van der Waals surface area contributed by atoms with Gasteiger partial charge in [-0.3, -0.25) is 4.79 Å². The number of thioether (sulfide) groups is 1. The molecule has 3 N–H and O–H groups in total. The molecule has 1 aromatic carbocycles. The monoisotopic (exact) mass is 402 g/mol. The molecule has 0 saturated heterocycles. The largest absolute Gasteiger partial charge is 0.573 e. The summed E-state index contributed by atoms with van der Waals surface area (Å²) >= 11 is 1.26. The Labute approximate surface area is 157 Å². The van der Waals surface area contributed by atoms with Gasteiger partial charge >= 0.3 is 6.36 Å². The van der Waals surface area contributed by atoms with Gasteiger partial charge in [0.25, 0.3) is 0 Å². The zero-order valence-electron chi connectivity index (χ0n) is 14.4. The first-order valence-electron chi connectivity index (χ1n) is 7.53. The molecule has 2 aromatic rings. The second-order valence-electron chi connectivity index (χ2n) is 5.42. The standard InChI is InChI=1S/C15H17F3N6O2S/c1-24(2)14-22-11(21-13(19)23-14)7-27-8-12(25)20-9-3-5-10(6-4-9)26-15(16,17)18/h3-6H,7-8H2,1-2H3,(H,20,25)(H2,19,21,22,23). The highest BCUT2D eigenvalue weighted by Crippen LogP contribution is 2.24. The van der Waals surface area contributed by atoms with Crippen molar-refractivity contribution in [1.82, 2.24) is 15.0 Å². The first-order valence-corrected chi connectivity index (χ1v) is 8.69. The lowest BCUT2D eigenvalue weighted by Crippen LogP contribution is -2.17. The van der Waals surface area contributed by atoms with Gasteiger partial charge in [-0.2, -0.15) is 15.0 Å². The van der Waals surface area contributed by atoms with E-state index in [2.05, 4.69) is 25.0 Å². The fourth-order valence-corrected chi connectivity index (χ4v) is 2.53. The third-order valence-corrected chi connectivity index (χ3v) is 3.85. The van der Waals surface area contributed by atoms with Crippen LogP contribution in [0.4, 0.5) is 30.8 Å². The summed E-state index contributed by atoms with van der Waals surface area (Å²) in [6.45, 7) is 0. The summed E-state index contributed by atoms with van der Waals surface area (Å²) < 4.78 is 40.1. The van der Waals surface area contributed by atoms with Crippen LogP contribution in [0.3, 0.4) is 0 Å². The van der Waals surface area contributed by atoms with Crippen LogP contribution in [0.2, 0.25) is 0 Å². The molecule has 0 unspecified atom stereocenters. The number of anilines is 3. The van der Waals surface area contributed by atoms with Crippen molar-refractivity contribution < 1.29 is 22.7 Å². The Balaban J connectivity index is 1.83. The third-order valence-electron chi connectivity index (χ3n) is 2.92. The van der Waals surface area contributed by atoms with Crippen LogP contribution in [0, 0.1) is 0 Å². The van der Waals surface area contributed by atoms with Crippen molar-refractivity contribution in [3.8, 4) is 5.75 Å². The summed E-state index contributed by atoms with van der Waals surface area (Å²) in [5, 5.41) is 2.58. The van der Waals surface area contributed by atoms with E-state index in [1.165, 1.54) is 23.9 Å². The molecule has 1 aromatic heterocycles. The predicted octanol–water partition coefficient (Wildman–Crippen LogP) is 2.29. The van der Waals surface area contributed by atoms with Gasteiger partial charge in [0.15, 0.2) is 0 Å². The number of aromatic nitrogens is 3. The van der Waals surface area contributed by atoms with E-state index in [1.807, 2.05) is 0 Å². The molecule has 0 aliphatic carbocycles. The average Bonchev–Trinajstić information content (AvgIpc) is 2.55. The lowest BCUT2D eigenvalue weighted by molar-refractivity contribution is -0.274. The number of hydrogen-bond acceptors (Lipinski definition) is 8. The molecule has 27 heavy (non-hydrogen) atoms. The number of nitrogen functional groups attached to an aromatic ring is 1. The Hall–Kier alpha value is -2.76. The molecule has 0 aliphatic heterocycles. The molecular weight excluding hydrogens is 385 g/mol. The van der Waals surface area contributed by atoms with Crippen molar-refractivity contribution in [2.24, 2.45) is 0 Å². The molecule has 0 aliphatic rings. The number of nitrogens with one attached hydrogen (secondary N) is 1. The summed E-state index contributed by atoms with van der Waals surface area (Å²) in [4.78, 5) is 25.8. The number of ether oxygens (including phenoxy) is 1. The lowest BCUT2D eigenvalue weighted by atomic mass is 10.3. The number of carbonyl (C=O) groups excluding carboxylic acids is 1. The van der Waals surface area contributed by atoms with Crippen LogP contribution >= 0.6 is 11.8 Å². The number of amides is 1. The van der Waals surface area contributed by atoms with Gasteiger partial charge in [0.2, 0.25) is 17.8 Å². The lowest BCUT2D eigenvalue weighted by Gasteiger charge is -2.11. The van der Waals surface area contributed by atoms with Crippen LogP contribution in [0.1, 0.15) is 5.82 Å². The van der Waals surface area contributed by atoms with Crippen molar-refractivity contribution in [1.29, 1.82) is 0 Å². The number of benzene rings is 1. The van der Waals surface area contributed by atoms with E-state index < -0.39 is 6.36 Å².